The van der Waals surface area contributed by atoms with Gasteiger partial charge in [-0.15, -0.1) is 0 Å². The number of carbonyl (C=O) groups is 1. The molecule has 1 aliphatic rings. The van der Waals surface area contributed by atoms with Crippen LogP contribution in [0.5, 0.6) is 0 Å². The van der Waals surface area contributed by atoms with E-state index in [1.807, 2.05) is 52.0 Å². The van der Waals surface area contributed by atoms with E-state index < -0.39 is 24.3 Å². The molecule has 3 N–H and O–H groups in total. The summed E-state index contributed by atoms with van der Waals surface area (Å²) in [5.74, 6) is -0.851. The van der Waals surface area contributed by atoms with Crippen LogP contribution in [0.3, 0.4) is 0 Å². The second-order valence-electron chi connectivity index (χ2n) is 6.83. The minimum Gasteiger partial charge on any atom is -0.481 e. The zero-order chi connectivity index (χ0) is 17.3. The lowest BCUT2D eigenvalue weighted by molar-refractivity contribution is -0.136. The molecule has 1 aliphatic heterocycles. The van der Waals surface area contributed by atoms with Gasteiger partial charge in [0.25, 0.3) is 0 Å². The van der Waals surface area contributed by atoms with E-state index in [4.69, 9.17) is 20.1 Å². The van der Waals surface area contributed by atoms with Gasteiger partial charge in [-0.3, -0.25) is 4.79 Å². The molecule has 6 heteroatoms. The number of carboxylic acids is 1. The molecule has 0 aliphatic carbocycles. The van der Waals surface area contributed by atoms with Gasteiger partial charge in [0.15, 0.2) is 0 Å². The molecule has 23 heavy (non-hydrogen) atoms. The third kappa shape index (κ3) is 4.02. The molecule has 1 heterocycles. The third-order valence-corrected chi connectivity index (χ3v) is 4.45. The lowest BCUT2D eigenvalue weighted by atomic mass is 9.77. The van der Waals surface area contributed by atoms with E-state index in [0.717, 1.165) is 16.6 Å². The van der Waals surface area contributed by atoms with Gasteiger partial charge in [-0.2, -0.15) is 0 Å². The second kappa shape index (κ2) is 6.47. The molecule has 0 atom stereocenters. The maximum Gasteiger partial charge on any atom is 0.491 e. The summed E-state index contributed by atoms with van der Waals surface area (Å²) in [6, 6.07) is 7.38. The van der Waals surface area contributed by atoms with Crippen LogP contribution >= 0.6 is 0 Å². The quantitative estimate of drug-likeness (QED) is 0.814. The van der Waals surface area contributed by atoms with Crippen molar-refractivity contribution in [3.8, 4) is 0 Å². The molecule has 0 saturated carbocycles. The van der Waals surface area contributed by atoms with Crippen molar-refractivity contribution in [2.75, 3.05) is 6.54 Å². The summed E-state index contributed by atoms with van der Waals surface area (Å²) in [4.78, 5) is 10.8. The summed E-state index contributed by atoms with van der Waals surface area (Å²) in [6.07, 6.45) is 1.91. The minimum absolute atomic E-state index is 0.00384. The number of hydrogen-bond donors (Lipinski definition) is 2. The Kier molecular flexibility index (Phi) is 4.99. The van der Waals surface area contributed by atoms with Gasteiger partial charge in [-0.1, -0.05) is 30.3 Å². The van der Waals surface area contributed by atoms with Gasteiger partial charge in [-0.05, 0) is 44.3 Å². The fourth-order valence-corrected chi connectivity index (χ4v) is 2.40. The van der Waals surface area contributed by atoms with E-state index in [2.05, 4.69) is 0 Å². The largest absolute Gasteiger partial charge is 0.491 e. The first-order valence-electron chi connectivity index (χ1n) is 7.71. The minimum atomic E-state index is -0.851. The molecule has 124 valence electrons. The summed E-state index contributed by atoms with van der Waals surface area (Å²) in [6.45, 7) is 8.28. The van der Waals surface area contributed by atoms with Crippen molar-refractivity contribution >= 4 is 19.2 Å². The van der Waals surface area contributed by atoms with Crippen molar-refractivity contribution in [1.82, 2.24) is 0 Å². The Labute approximate surface area is 137 Å². The molecule has 0 amide bonds. The van der Waals surface area contributed by atoms with Crippen LogP contribution in [0.15, 0.2) is 29.7 Å². The standard InChI is InChI=1S/C17H24BNO4/c1-16(2)17(3,4)23-18(22-16)14(11-19)9-12-6-5-7-13(8-12)10-15(20)21/h5-9H,10-11,19H2,1-4H3,(H,20,21). The van der Waals surface area contributed by atoms with Gasteiger partial charge in [0, 0.05) is 6.54 Å². The van der Waals surface area contributed by atoms with Crippen molar-refractivity contribution in [3.05, 3.63) is 40.9 Å². The van der Waals surface area contributed by atoms with Crippen LogP contribution in [-0.2, 0) is 20.5 Å². The Morgan fingerprint density at radius 3 is 2.39 bits per heavy atom. The summed E-state index contributed by atoms with van der Waals surface area (Å²) >= 11 is 0. The molecule has 1 aromatic rings. The molecule has 0 bridgehead atoms. The summed E-state index contributed by atoms with van der Waals surface area (Å²) in [7, 11) is -0.492. The zero-order valence-corrected chi connectivity index (χ0v) is 14.1. The number of hydrogen-bond acceptors (Lipinski definition) is 4. The van der Waals surface area contributed by atoms with Gasteiger partial charge in [0.2, 0.25) is 0 Å². The fraction of sp³-hybridized carbons (Fsp3) is 0.471. The van der Waals surface area contributed by atoms with E-state index in [-0.39, 0.29) is 6.42 Å². The average Bonchev–Trinajstić information content (AvgIpc) is 2.64. The predicted octanol–water partition coefficient (Wildman–Crippen LogP) is 2.29. The molecule has 1 fully saturated rings. The molecule has 1 saturated heterocycles. The highest BCUT2D eigenvalue weighted by atomic mass is 16.7. The molecular formula is C17H24BNO4. The first kappa shape index (κ1) is 17.7. The highest BCUT2D eigenvalue weighted by Crippen LogP contribution is 2.38. The van der Waals surface area contributed by atoms with Crippen LogP contribution in [0.25, 0.3) is 6.08 Å². The Morgan fingerprint density at radius 2 is 1.87 bits per heavy atom. The van der Waals surface area contributed by atoms with Crippen LogP contribution < -0.4 is 5.73 Å². The molecule has 0 radical (unpaired) electrons. The molecular weight excluding hydrogens is 293 g/mol. The topological polar surface area (TPSA) is 81.8 Å². The SMILES string of the molecule is CC1(C)OB(C(=Cc2cccc(CC(=O)O)c2)CN)OC1(C)C. The lowest BCUT2D eigenvalue weighted by Gasteiger charge is -2.32. The first-order valence-corrected chi connectivity index (χ1v) is 7.71. The Balaban J connectivity index is 2.25. The Bertz CT molecular complexity index is 609. The monoisotopic (exact) mass is 317 g/mol. The smallest absolute Gasteiger partial charge is 0.481 e. The first-order chi connectivity index (χ1) is 10.6. The molecule has 0 aromatic heterocycles. The van der Waals surface area contributed by atoms with Crippen molar-refractivity contribution < 1.29 is 19.2 Å². The van der Waals surface area contributed by atoms with E-state index >= 15 is 0 Å². The Hall–Kier alpha value is -1.63. The second-order valence-corrected chi connectivity index (χ2v) is 6.83. The third-order valence-electron chi connectivity index (χ3n) is 4.45. The number of carboxylic acid groups (broad SMARTS) is 1. The number of nitrogens with two attached hydrogens (primary N) is 1. The van der Waals surface area contributed by atoms with Gasteiger partial charge < -0.3 is 20.1 Å². The molecule has 5 nitrogen and oxygen atoms in total. The van der Waals surface area contributed by atoms with Crippen molar-refractivity contribution in [2.24, 2.45) is 5.73 Å². The fourth-order valence-electron chi connectivity index (χ4n) is 2.40. The molecule has 1 aromatic carbocycles. The number of benzene rings is 1. The lowest BCUT2D eigenvalue weighted by Crippen LogP contribution is -2.41. The summed E-state index contributed by atoms with van der Waals surface area (Å²) in [5, 5.41) is 8.90. The van der Waals surface area contributed by atoms with Gasteiger partial charge in [0.05, 0.1) is 17.6 Å². The molecule has 0 spiro atoms. The zero-order valence-electron chi connectivity index (χ0n) is 14.1. The summed E-state index contributed by atoms with van der Waals surface area (Å²) in [5.41, 5.74) is 7.50. The molecule has 0 unspecified atom stereocenters. The maximum absolute atomic E-state index is 10.8. The van der Waals surface area contributed by atoms with Gasteiger partial charge in [-0.25, -0.2) is 0 Å². The Morgan fingerprint density at radius 1 is 1.26 bits per heavy atom. The highest BCUT2D eigenvalue weighted by Gasteiger charge is 2.52. The van der Waals surface area contributed by atoms with Crippen LogP contribution in [0.4, 0.5) is 0 Å². The van der Waals surface area contributed by atoms with Crippen LogP contribution in [0.1, 0.15) is 38.8 Å². The van der Waals surface area contributed by atoms with Gasteiger partial charge in [0.1, 0.15) is 0 Å². The van der Waals surface area contributed by atoms with E-state index in [9.17, 15) is 4.79 Å². The van der Waals surface area contributed by atoms with Gasteiger partial charge >= 0.3 is 13.1 Å². The van der Waals surface area contributed by atoms with Crippen molar-refractivity contribution in [3.63, 3.8) is 0 Å². The van der Waals surface area contributed by atoms with Crippen molar-refractivity contribution in [1.29, 1.82) is 0 Å². The van der Waals surface area contributed by atoms with Crippen LogP contribution in [0.2, 0.25) is 0 Å². The van der Waals surface area contributed by atoms with Crippen molar-refractivity contribution in [2.45, 2.75) is 45.3 Å². The molecule has 2 rings (SSSR count). The number of aliphatic carboxylic acids is 1. The number of rotatable bonds is 5. The predicted molar refractivity (Wildman–Crippen MR) is 90.9 cm³/mol. The maximum atomic E-state index is 10.8. The summed E-state index contributed by atoms with van der Waals surface area (Å²) < 4.78 is 12.0. The van der Waals surface area contributed by atoms with E-state index in [0.29, 0.717) is 6.54 Å². The van der Waals surface area contributed by atoms with E-state index in [1.165, 1.54) is 0 Å². The highest BCUT2D eigenvalue weighted by molar-refractivity contribution is 6.55. The van der Waals surface area contributed by atoms with Crippen LogP contribution in [0, 0.1) is 0 Å². The van der Waals surface area contributed by atoms with E-state index in [1.54, 1.807) is 6.07 Å². The average molecular weight is 317 g/mol. The normalized spacial score (nSPS) is 19.9. The van der Waals surface area contributed by atoms with Crippen LogP contribution in [-0.4, -0.2) is 35.9 Å².